The smallest absolute Gasteiger partial charge is 0.394 e. The molecule has 1 saturated heterocycles. The largest absolute Gasteiger partial charge is 0.466 e. The van der Waals surface area contributed by atoms with Crippen molar-refractivity contribution in [1.82, 2.24) is 0 Å². The van der Waals surface area contributed by atoms with Crippen molar-refractivity contribution >= 4 is 38.0 Å². The zero-order chi connectivity index (χ0) is 24.2. The quantitative estimate of drug-likeness (QED) is 0.117. The summed E-state index contributed by atoms with van der Waals surface area (Å²) in [6, 6.07) is 0. The minimum absolute atomic E-state index is 0.215. The Balaban J connectivity index is 2.92. The van der Waals surface area contributed by atoms with E-state index < -0.39 is 76.0 Å². The van der Waals surface area contributed by atoms with Gasteiger partial charge >= 0.3 is 10.4 Å². The van der Waals surface area contributed by atoms with Crippen LogP contribution in [0.4, 0.5) is 0 Å². The Hall–Kier alpha value is -0.320. The Labute approximate surface area is 164 Å². The lowest BCUT2D eigenvalue weighted by molar-refractivity contribution is -0.205. The third-order valence-corrected chi connectivity index (χ3v) is 5.04. The summed E-state index contributed by atoms with van der Waals surface area (Å²) in [5, 5.41) is 41.7. The first-order valence-electron chi connectivity index (χ1n) is 9.61. The van der Waals surface area contributed by atoms with Crippen LogP contribution in [0.1, 0.15) is 26.1 Å². The van der Waals surface area contributed by atoms with Crippen molar-refractivity contribution in [1.29, 1.82) is 0 Å². The van der Waals surface area contributed by atoms with Gasteiger partial charge in [-0.3, -0.25) is 8.76 Å². The van der Waals surface area contributed by atoms with Gasteiger partial charge in [-0.1, -0.05) is 16.9 Å². The molecule has 0 spiro atoms. The number of oxime groups is 1. The normalized spacial score (nSPS) is 35.5. The number of hydrogen-bond donors (Lipinski definition) is 5. The van der Waals surface area contributed by atoms with Crippen LogP contribution in [0.25, 0.3) is 0 Å². The van der Waals surface area contributed by atoms with Crippen molar-refractivity contribution in [2.24, 2.45) is 5.16 Å². The predicted molar refractivity (Wildman–Crippen MR) is 94.2 cm³/mol. The highest BCUT2D eigenvalue weighted by Crippen LogP contribution is 2.30. The first-order chi connectivity index (χ1) is 14.0. The maximum atomic E-state index is 11.8. The van der Waals surface area contributed by atoms with E-state index >= 15 is 0 Å². The molecule has 1 aliphatic heterocycles. The topological polar surface area (TPSA) is 183 Å². The average molecular weight is 443 g/mol. The van der Waals surface area contributed by atoms with E-state index in [1.807, 2.05) is 0 Å². The van der Waals surface area contributed by atoms with Crippen LogP contribution in [0.15, 0.2) is 5.16 Å². The molecular formula is C12H23NO10S3. The molecule has 6 atom stereocenters. The van der Waals surface area contributed by atoms with Crippen molar-refractivity contribution in [3.63, 3.8) is 0 Å². The van der Waals surface area contributed by atoms with Gasteiger partial charge in [0.05, 0.1) is 6.61 Å². The molecule has 0 aliphatic carbocycles. The fraction of sp³-hybridized carbons (Fsp3) is 0.917. The first-order valence-corrected chi connectivity index (χ1v) is 10.5. The molecule has 1 aliphatic rings. The van der Waals surface area contributed by atoms with E-state index in [0.717, 1.165) is 0 Å². The number of nitrogens with zero attached hydrogens (tertiary/aromatic N) is 1. The van der Waals surface area contributed by atoms with Crippen molar-refractivity contribution < 1.29 is 53.5 Å². The molecule has 0 aromatic heterocycles. The van der Waals surface area contributed by atoms with E-state index in [9.17, 15) is 33.1 Å². The lowest BCUT2D eigenvalue weighted by Gasteiger charge is -2.39. The molecule has 0 aromatic carbocycles. The molecule has 26 heavy (non-hydrogen) atoms. The average Bonchev–Trinajstić information content (AvgIpc) is 2.64. The van der Waals surface area contributed by atoms with Crippen LogP contribution in [0.3, 0.4) is 0 Å². The molecule has 5 N–H and O–H groups in total. The van der Waals surface area contributed by atoms with E-state index in [2.05, 4.69) is 9.44 Å². The zero-order valence-corrected chi connectivity index (χ0v) is 15.6. The van der Waals surface area contributed by atoms with Crippen LogP contribution in [0, 0.1) is 0 Å². The fourth-order valence-corrected chi connectivity index (χ4v) is 3.59. The number of ether oxygens (including phenoxy) is 1. The summed E-state index contributed by atoms with van der Waals surface area (Å²) < 4.78 is 87.7. The second kappa shape index (κ2) is 10.9. The van der Waals surface area contributed by atoms with Crippen LogP contribution in [-0.2, 0) is 30.2 Å². The van der Waals surface area contributed by atoms with Gasteiger partial charge in [0.1, 0.15) is 34.9 Å². The zero-order valence-electron chi connectivity index (χ0n) is 18.2. The van der Waals surface area contributed by atoms with Crippen LogP contribution in [0.2, 0.25) is 0 Å². The highest BCUT2D eigenvalue weighted by Gasteiger charge is 2.44. The van der Waals surface area contributed by atoms with Gasteiger partial charge in [0, 0.05) is 29.5 Å². The molecule has 14 heteroatoms. The lowest BCUT2D eigenvalue weighted by atomic mass is 10.0. The minimum atomic E-state index is -5.03. The van der Waals surface area contributed by atoms with Gasteiger partial charge in [-0.15, -0.1) is 0 Å². The number of aliphatic hydroxyl groups is 4. The van der Waals surface area contributed by atoms with Gasteiger partial charge in [0.15, 0.2) is 0 Å². The second-order valence-electron chi connectivity index (χ2n) is 5.07. The molecule has 1 rings (SSSR count). The molecule has 0 amide bonds. The Bertz CT molecular complexity index is 763. The van der Waals surface area contributed by atoms with Crippen LogP contribution >= 0.6 is 11.8 Å². The molecular weight excluding hydrogens is 414 g/mol. The third-order valence-electron chi connectivity index (χ3n) is 3.13. The molecule has 0 saturated carbocycles. The van der Waals surface area contributed by atoms with Gasteiger partial charge in [0.25, 0.3) is 0 Å². The van der Waals surface area contributed by atoms with E-state index in [1.165, 1.54) is 0 Å². The molecule has 154 valence electrons. The summed E-state index contributed by atoms with van der Waals surface area (Å²) in [6.07, 6.45) is -10.5. The summed E-state index contributed by atoms with van der Waals surface area (Å²) in [6.45, 7) is -0.725. The minimum Gasteiger partial charge on any atom is -0.394 e. The first kappa shape index (κ1) is 16.6. The van der Waals surface area contributed by atoms with Crippen LogP contribution in [-0.4, -0.2) is 91.0 Å². The Morgan fingerprint density at radius 2 is 2.04 bits per heavy atom. The SMILES string of the molecule is [2H]C([2H])([2H])S(=O)C([2H])([2H])CCC/C(=N\OS(=O)(=O)O)SC1O[C@H](CO)[C@@H](O)C(O)[C@H]1O. The fourth-order valence-electron chi connectivity index (χ4n) is 1.92. The van der Waals surface area contributed by atoms with Crippen molar-refractivity contribution in [3.8, 4) is 0 Å². The molecule has 0 bridgehead atoms. The van der Waals surface area contributed by atoms with Crippen molar-refractivity contribution in [2.45, 2.75) is 49.1 Å². The van der Waals surface area contributed by atoms with Crippen LogP contribution in [0.5, 0.6) is 0 Å². The van der Waals surface area contributed by atoms with Crippen molar-refractivity contribution in [3.05, 3.63) is 0 Å². The summed E-state index contributed by atoms with van der Waals surface area (Å²) >= 11 is 0.489. The monoisotopic (exact) mass is 442 g/mol. The highest BCUT2D eigenvalue weighted by atomic mass is 32.3. The van der Waals surface area contributed by atoms with Gasteiger partial charge < -0.3 is 25.2 Å². The third kappa shape index (κ3) is 8.14. The molecule has 0 aromatic rings. The second-order valence-corrected chi connectivity index (χ2v) is 8.07. The summed E-state index contributed by atoms with van der Waals surface area (Å²) in [5.41, 5.74) is -4.00. The maximum absolute atomic E-state index is 11.8. The van der Waals surface area contributed by atoms with E-state index in [-0.39, 0.29) is 17.9 Å². The summed E-state index contributed by atoms with van der Waals surface area (Å²) in [5.74, 6) is 0. The predicted octanol–water partition coefficient (Wildman–Crippen LogP) is -1.80. The summed E-state index contributed by atoms with van der Waals surface area (Å²) in [4.78, 5) is 0. The lowest BCUT2D eigenvalue weighted by Crippen LogP contribution is -2.57. The molecule has 1 heterocycles. The van der Waals surface area contributed by atoms with Crippen molar-refractivity contribution in [2.75, 3.05) is 18.5 Å². The molecule has 1 fully saturated rings. The highest BCUT2D eigenvalue weighted by molar-refractivity contribution is 8.14. The Morgan fingerprint density at radius 3 is 2.62 bits per heavy atom. The Kier molecular flexibility index (Phi) is 6.95. The number of rotatable bonds is 9. The number of thioether (sulfide) groups is 1. The van der Waals surface area contributed by atoms with Gasteiger partial charge in [-0.2, -0.15) is 8.42 Å². The Morgan fingerprint density at radius 1 is 1.35 bits per heavy atom. The number of hydrogen-bond acceptors (Lipinski definition) is 11. The molecule has 11 nitrogen and oxygen atoms in total. The van der Waals surface area contributed by atoms with Gasteiger partial charge in [-0.05, 0) is 19.3 Å². The van der Waals surface area contributed by atoms with Crippen LogP contribution < -0.4 is 0 Å². The van der Waals surface area contributed by atoms with E-state index in [1.54, 1.807) is 0 Å². The van der Waals surface area contributed by atoms with Gasteiger partial charge in [-0.25, -0.2) is 4.28 Å². The molecule has 0 radical (unpaired) electrons. The molecule has 3 unspecified atom stereocenters. The van der Waals surface area contributed by atoms with E-state index in [0.29, 0.717) is 11.8 Å². The van der Waals surface area contributed by atoms with Gasteiger partial charge in [0.2, 0.25) is 0 Å². The maximum Gasteiger partial charge on any atom is 0.466 e. The van der Waals surface area contributed by atoms with E-state index in [4.69, 9.17) is 16.1 Å². The number of aliphatic hydroxyl groups excluding tert-OH is 4. The summed E-state index contributed by atoms with van der Waals surface area (Å²) in [7, 11) is -7.87. The standard InChI is InChI=1S/C12H23NO10S3/c1-25(18)5-3-2-4-8(13-23-26(19,20)21)24-12-11(17)10(16)9(15)7(6-14)22-12/h7,9-12,14-17H,2-6H2,1H3,(H,19,20,21)/b13-8+/t7-,9-,10?,11-,12?,25?/m1/s1/i1D3,5D2.